The molecule has 2 rings (SSSR count). The van der Waals surface area contributed by atoms with Gasteiger partial charge in [-0.3, -0.25) is 0 Å². The van der Waals surface area contributed by atoms with Crippen molar-refractivity contribution in [3.63, 3.8) is 0 Å². The van der Waals surface area contributed by atoms with E-state index in [1.165, 1.54) is 0 Å². The molecule has 5 nitrogen and oxygen atoms in total. The number of aromatic nitrogens is 3. The molecule has 0 fully saturated rings. The molecule has 2 heterocycles. The molecule has 0 spiro atoms. The minimum Gasteiger partial charge on any atom is -0.398 e. The van der Waals surface area contributed by atoms with E-state index < -0.39 is 0 Å². The lowest BCUT2D eigenvalue weighted by Crippen LogP contribution is -2.06. The number of nitrogens with one attached hydrogen (secondary N) is 2. The van der Waals surface area contributed by atoms with Crippen LogP contribution in [0.1, 0.15) is 17.8 Å². The maximum atomic E-state index is 5.81. The molecule has 90 valence electrons. The summed E-state index contributed by atoms with van der Waals surface area (Å²) in [4.78, 5) is 11.5. The van der Waals surface area contributed by atoms with Gasteiger partial charge >= 0.3 is 0 Å². The minimum atomic E-state index is 0.772. The molecule has 4 N–H and O–H groups in total. The molecule has 2 aromatic heterocycles. The Morgan fingerprint density at radius 2 is 2.29 bits per heavy atom. The Morgan fingerprint density at radius 3 is 3.00 bits per heavy atom. The number of rotatable bonds is 5. The lowest BCUT2D eigenvalue weighted by molar-refractivity contribution is 0.814. The Bertz CT molecular complexity index is 464. The highest BCUT2D eigenvalue weighted by atomic mass is 15.0. The van der Waals surface area contributed by atoms with Crippen molar-refractivity contribution in [1.82, 2.24) is 15.0 Å². The van der Waals surface area contributed by atoms with Gasteiger partial charge in [0.15, 0.2) is 0 Å². The predicted molar refractivity (Wildman–Crippen MR) is 68.8 cm³/mol. The molecule has 0 aliphatic rings. The highest BCUT2D eigenvalue weighted by Crippen LogP contribution is 2.13. The van der Waals surface area contributed by atoms with Crippen LogP contribution in [-0.4, -0.2) is 21.5 Å². The molecule has 0 bridgehead atoms. The summed E-state index contributed by atoms with van der Waals surface area (Å²) in [6.07, 6.45) is 7.32. The van der Waals surface area contributed by atoms with Crippen LogP contribution in [0, 0.1) is 6.92 Å². The molecule has 5 heteroatoms. The second kappa shape index (κ2) is 5.34. The molecule has 0 saturated carbocycles. The van der Waals surface area contributed by atoms with Crippen LogP contribution in [0.5, 0.6) is 0 Å². The van der Waals surface area contributed by atoms with Crippen LogP contribution in [0.15, 0.2) is 24.7 Å². The van der Waals surface area contributed by atoms with Crippen LogP contribution in [-0.2, 0) is 6.42 Å². The molecule has 0 atom stereocenters. The van der Waals surface area contributed by atoms with Gasteiger partial charge in [0, 0.05) is 43.3 Å². The summed E-state index contributed by atoms with van der Waals surface area (Å²) in [6, 6.07) is 1.86. The molecular weight excluding hydrogens is 214 g/mol. The fourth-order valence-electron chi connectivity index (χ4n) is 1.54. The summed E-state index contributed by atoms with van der Waals surface area (Å²) < 4.78 is 0. The molecular formula is C12H17N5. The number of H-pyrrole nitrogens is 1. The standard InChI is InChI=1S/C12H17N5/c1-9-8-17-12(7-10(9)13)14-4-2-3-11-15-5-6-16-11/h5-8H,2-4H2,1H3,(H,15,16)(H3,13,14,17). The summed E-state index contributed by atoms with van der Waals surface area (Å²) in [5.41, 5.74) is 7.58. The molecule has 2 aromatic rings. The highest BCUT2D eigenvalue weighted by Gasteiger charge is 1.98. The summed E-state index contributed by atoms with van der Waals surface area (Å²) in [7, 11) is 0. The summed E-state index contributed by atoms with van der Waals surface area (Å²) in [5, 5.41) is 3.24. The lowest BCUT2D eigenvalue weighted by Gasteiger charge is -2.06. The van der Waals surface area contributed by atoms with Crippen molar-refractivity contribution in [2.45, 2.75) is 19.8 Å². The van der Waals surface area contributed by atoms with Crippen LogP contribution in [0.3, 0.4) is 0 Å². The number of aromatic amines is 1. The summed E-state index contributed by atoms with van der Waals surface area (Å²) >= 11 is 0. The number of anilines is 2. The average molecular weight is 231 g/mol. The molecule has 0 radical (unpaired) electrons. The van der Waals surface area contributed by atoms with E-state index in [-0.39, 0.29) is 0 Å². The van der Waals surface area contributed by atoms with Crippen LogP contribution < -0.4 is 11.1 Å². The van der Waals surface area contributed by atoms with Crippen molar-refractivity contribution in [1.29, 1.82) is 0 Å². The molecule has 0 aliphatic carbocycles. The SMILES string of the molecule is Cc1cnc(NCCCc2ncc[nH]2)cc1N. The van der Waals surface area contributed by atoms with E-state index >= 15 is 0 Å². The molecule has 0 aromatic carbocycles. The number of aryl methyl sites for hydroxylation is 2. The zero-order chi connectivity index (χ0) is 12.1. The minimum absolute atomic E-state index is 0.772. The lowest BCUT2D eigenvalue weighted by atomic mass is 10.2. The van der Waals surface area contributed by atoms with E-state index in [4.69, 9.17) is 5.73 Å². The van der Waals surface area contributed by atoms with Crippen LogP contribution in [0.25, 0.3) is 0 Å². The average Bonchev–Trinajstić information content (AvgIpc) is 2.82. The van der Waals surface area contributed by atoms with Gasteiger partial charge in [-0.05, 0) is 18.9 Å². The number of nitrogens with two attached hydrogens (primary N) is 1. The third-order valence-corrected chi connectivity index (χ3v) is 2.60. The van der Waals surface area contributed by atoms with E-state index in [2.05, 4.69) is 20.3 Å². The van der Waals surface area contributed by atoms with E-state index in [9.17, 15) is 0 Å². The molecule has 0 aliphatic heterocycles. The van der Waals surface area contributed by atoms with E-state index in [1.807, 2.05) is 19.2 Å². The van der Waals surface area contributed by atoms with Crippen molar-refractivity contribution in [2.75, 3.05) is 17.6 Å². The quantitative estimate of drug-likeness (QED) is 0.685. The maximum Gasteiger partial charge on any atom is 0.127 e. The van der Waals surface area contributed by atoms with E-state index in [0.717, 1.165) is 42.3 Å². The molecule has 0 saturated heterocycles. The van der Waals surface area contributed by atoms with Crippen molar-refractivity contribution in [3.8, 4) is 0 Å². The van der Waals surface area contributed by atoms with E-state index in [1.54, 1.807) is 12.4 Å². The Kier molecular flexibility index (Phi) is 3.59. The number of imidazole rings is 1. The van der Waals surface area contributed by atoms with Crippen LogP contribution in [0.4, 0.5) is 11.5 Å². The zero-order valence-electron chi connectivity index (χ0n) is 9.90. The number of pyridine rings is 1. The fourth-order valence-corrected chi connectivity index (χ4v) is 1.54. The molecule has 0 amide bonds. The highest BCUT2D eigenvalue weighted by molar-refractivity contribution is 5.53. The van der Waals surface area contributed by atoms with Crippen molar-refractivity contribution in [3.05, 3.63) is 36.0 Å². The normalized spacial score (nSPS) is 10.4. The van der Waals surface area contributed by atoms with Crippen molar-refractivity contribution in [2.24, 2.45) is 0 Å². The Morgan fingerprint density at radius 1 is 1.41 bits per heavy atom. The van der Waals surface area contributed by atoms with Gasteiger partial charge in [0.05, 0.1) is 0 Å². The number of hydrogen-bond acceptors (Lipinski definition) is 4. The number of hydrogen-bond donors (Lipinski definition) is 3. The van der Waals surface area contributed by atoms with Gasteiger partial charge < -0.3 is 16.0 Å². The third-order valence-electron chi connectivity index (χ3n) is 2.60. The van der Waals surface area contributed by atoms with E-state index in [0.29, 0.717) is 0 Å². The van der Waals surface area contributed by atoms with Gasteiger partial charge in [-0.1, -0.05) is 0 Å². The fraction of sp³-hybridized carbons (Fsp3) is 0.333. The summed E-state index contributed by atoms with van der Waals surface area (Å²) in [5.74, 6) is 1.84. The Hall–Kier alpha value is -2.04. The predicted octanol–water partition coefficient (Wildman–Crippen LogP) is 1.74. The number of nitrogen functional groups attached to an aromatic ring is 1. The largest absolute Gasteiger partial charge is 0.398 e. The Labute approximate surface area is 100 Å². The first-order valence-corrected chi connectivity index (χ1v) is 5.70. The topological polar surface area (TPSA) is 79.6 Å². The first kappa shape index (κ1) is 11.4. The van der Waals surface area contributed by atoms with Gasteiger partial charge in [0.2, 0.25) is 0 Å². The first-order chi connectivity index (χ1) is 8.25. The second-order valence-electron chi connectivity index (χ2n) is 3.99. The van der Waals surface area contributed by atoms with Crippen molar-refractivity contribution < 1.29 is 0 Å². The molecule has 0 unspecified atom stereocenters. The van der Waals surface area contributed by atoms with Gasteiger partial charge in [-0.15, -0.1) is 0 Å². The maximum absolute atomic E-state index is 5.81. The molecule has 17 heavy (non-hydrogen) atoms. The zero-order valence-corrected chi connectivity index (χ0v) is 9.90. The second-order valence-corrected chi connectivity index (χ2v) is 3.99. The van der Waals surface area contributed by atoms with Crippen LogP contribution in [0.2, 0.25) is 0 Å². The summed E-state index contributed by atoms with van der Waals surface area (Å²) in [6.45, 7) is 2.80. The smallest absolute Gasteiger partial charge is 0.127 e. The monoisotopic (exact) mass is 231 g/mol. The van der Waals surface area contributed by atoms with Crippen molar-refractivity contribution >= 4 is 11.5 Å². The van der Waals surface area contributed by atoms with Gasteiger partial charge in [0.25, 0.3) is 0 Å². The van der Waals surface area contributed by atoms with Crippen LogP contribution >= 0.6 is 0 Å². The first-order valence-electron chi connectivity index (χ1n) is 5.70. The van der Waals surface area contributed by atoms with Gasteiger partial charge in [-0.2, -0.15) is 0 Å². The number of nitrogens with zero attached hydrogens (tertiary/aromatic N) is 2. The Balaban J connectivity index is 1.76. The third kappa shape index (κ3) is 3.21. The van der Waals surface area contributed by atoms with Gasteiger partial charge in [-0.25, -0.2) is 9.97 Å². The van der Waals surface area contributed by atoms with Gasteiger partial charge in [0.1, 0.15) is 11.6 Å².